The van der Waals surface area contributed by atoms with Gasteiger partial charge in [-0.1, -0.05) is 26.7 Å². The molecule has 1 spiro atoms. The maximum atomic E-state index is 12.3. The normalized spacial score (nSPS) is 30.9. The number of nitrogens with two attached hydrogens (primary N) is 1. The summed E-state index contributed by atoms with van der Waals surface area (Å²) in [4.78, 5) is 24.3. The minimum atomic E-state index is -1.03. The minimum absolute atomic E-state index is 0.0600. The number of nitrogens with one attached hydrogen (secondary N) is 2. The van der Waals surface area contributed by atoms with E-state index in [0.29, 0.717) is 25.7 Å². The molecule has 1 amide bonds. The van der Waals surface area contributed by atoms with Crippen LogP contribution in [0.2, 0.25) is 6.32 Å². The van der Waals surface area contributed by atoms with E-state index in [9.17, 15) is 14.6 Å². The lowest BCUT2D eigenvalue weighted by Crippen LogP contribution is -2.51. The predicted molar refractivity (Wildman–Crippen MR) is 82.8 cm³/mol. The highest BCUT2D eigenvalue weighted by Crippen LogP contribution is 2.30. The van der Waals surface area contributed by atoms with Crippen LogP contribution in [0.4, 0.5) is 0 Å². The Morgan fingerprint density at radius 1 is 1.55 bits per heavy atom. The fourth-order valence-corrected chi connectivity index (χ4v) is 3.07. The van der Waals surface area contributed by atoms with E-state index >= 15 is 0 Å². The number of hydrogen-bond acceptors (Lipinski definition) is 6. The average molecular weight is 311 g/mol. The second-order valence-electron chi connectivity index (χ2n) is 6.75. The van der Waals surface area contributed by atoms with Crippen LogP contribution in [-0.2, 0) is 14.2 Å². The van der Waals surface area contributed by atoms with Crippen molar-refractivity contribution in [2.24, 2.45) is 11.7 Å². The van der Waals surface area contributed by atoms with Crippen molar-refractivity contribution >= 4 is 19.0 Å². The standard InChI is InChI=1S/C14H26BN3O4/c1-9(2)11(16)12(19)18-10-7-14(17-8-10)5-3-4-6-15(21)22-13(14)20/h9-11,17,21H,3-8,16H2,1-2H3,(H,18,19)/t10-,11+,14+/m1/s1. The van der Waals surface area contributed by atoms with Crippen LogP contribution >= 0.6 is 0 Å². The largest absolute Gasteiger partial charge is 0.524 e. The van der Waals surface area contributed by atoms with Gasteiger partial charge in [-0.15, -0.1) is 0 Å². The van der Waals surface area contributed by atoms with Gasteiger partial charge in [0.1, 0.15) is 5.54 Å². The first-order valence-corrected chi connectivity index (χ1v) is 8.04. The SMILES string of the molecule is CC(C)[C@H](N)C(=O)N[C@H]1CN[C@@]2(CCCCB(O)OC2=O)C1. The maximum absolute atomic E-state index is 12.3. The summed E-state index contributed by atoms with van der Waals surface area (Å²) in [6, 6.07) is -0.705. The summed E-state index contributed by atoms with van der Waals surface area (Å²) in [6.07, 6.45) is 3.25. The van der Waals surface area contributed by atoms with Crippen LogP contribution < -0.4 is 16.4 Å². The van der Waals surface area contributed by atoms with Gasteiger partial charge in [0.15, 0.2) is 0 Å². The molecule has 5 N–H and O–H groups in total. The molecule has 3 atom stereocenters. The molecule has 0 radical (unpaired) electrons. The smallest absolute Gasteiger partial charge is 0.508 e. The van der Waals surface area contributed by atoms with Crippen molar-refractivity contribution in [1.82, 2.24) is 10.6 Å². The molecule has 2 aliphatic rings. The lowest BCUT2D eigenvalue weighted by atomic mass is 9.77. The third-order valence-electron chi connectivity index (χ3n) is 4.59. The molecule has 2 aliphatic heterocycles. The fraction of sp³-hybridized carbons (Fsp3) is 0.857. The van der Waals surface area contributed by atoms with Crippen molar-refractivity contribution in [1.29, 1.82) is 0 Å². The fourth-order valence-electron chi connectivity index (χ4n) is 3.07. The van der Waals surface area contributed by atoms with Gasteiger partial charge in [-0.05, 0) is 25.1 Å². The lowest BCUT2D eigenvalue weighted by Gasteiger charge is -2.30. The summed E-state index contributed by atoms with van der Waals surface area (Å²) in [5.41, 5.74) is 5.04. The highest BCUT2D eigenvalue weighted by atomic mass is 16.6. The molecule has 0 unspecified atom stereocenters. The first kappa shape index (κ1) is 17.2. The van der Waals surface area contributed by atoms with E-state index < -0.39 is 24.7 Å². The van der Waals surface area contributed by atoms with E-state index in [-0.39, 0.29) is 17.9 Å². The summed E-state index contributed by atoms with van der Waals surface area (Å²) >= 11 is 0. The zero-order valence-electron chi connectivity index (χ0n) is 13.3. The van der Waals surface area contributed by atoms with E-state index in [1.807, 2.05) is 13.8 Å². The molecular weight excluding hydrogens is 285 g/mol. The Labute approximate surface area is 131 Å². The van der Waals surface area contributed by atoms with Gasteiger partial charge in [-0.2, -0.15) is 0 Å². The quantitative estimate of drug-likeness (QED) is 0.517. The molecule has 8 heteroatoms. The van der Waals surface area contributed by atoms with E-state index in [1.54, 1.807) is 0 Å². The van der Waals surface area contributed by atoms with Crippen LogP contribution in [0.3, 0.4) is 0 Å². The van der Waals surface area contributed by atoms with Crippen molar-refractivity contribution in [3.8, 4) is 0 Å². The topological polar surface area (TPSA) is 114 Å². The first-order chi connectivity index (χ1) is 10.3. The Morgan fingerprint density at radius 2 is 2.27 bits per heavy atom. The molecule has 0 aliphatic carbocycles. The molecule has 7 nitrogen and oxygen atoms in total. The van der Waals surface area contributed by atoms with Crippen LogP contribution in [0.15, 0.2) is 0 Å². The van der Waals surface area contributed by atoms with Crippen LogP contribution in [0, 0.1) is 5.92 Å². The van der Waals surface area contributed by atoms with E-state index in [2.05, 4.69) is 10.6 Å². The second-order valence-corrected chi connectivity index (χ2v) is 6.75. The molecule has 2 heterocycles. The Balaban J connectivity index is 1.97. The zero-order chi connectivity index (χ0) is 16.3. The molecule has 124 valence electrons. The molecule has 0 aromatic carbocycles. The van der Waals surface area contributed by atoms with Crippen molar-refractivity contribution in [3.05, 3.63) is 0 Å². The Kier molecular flexibility index (Phi) is 5.47. The van der Waals surface area contributed by atoms with Gasteiger partial charge in [0.05, 0.1) is 6.04 Å². The number of hydrogen-bond donors (Lipinski definition) is 4. The summed E-state index contributed by atoms with van der Waals surface area (Å²) in [7, 11) is -1.03. The number of carbonyl (C=O) groups excluding carboxylic acids is 2. The van der Waals surface area contributed by atoms with Gasteiger partial charge >= 0.3 is 13.1 Å². The number of rotatable bonds is 3. The third kappa shape index (κ3) is 3.80. The van der Waals surface area contributed by atoms with E-state index in [1.165, 1.54) is 0 Å². The van der Waals surface area contributed by atoms with Gasteiger partial charge in [0.2, 0.25) is 5.91 Å². The van der Waals surface area contributed by atoms with Gasteiger partial charge in [-0.3, -0.25) is 14.9 Å². The number of amides is 1. The molecule has 0 bridgehead atoms. The highest BCUT2D eigenvalue weighted by Gasteiger charge is 2.48. The molecule has 2 saturated heterocycles. The third-order valence-corrected chi connectivity index (χ3v) is 4.59. The molecule has 2 rings (SSSR count). The summed E-state index contributed by atoms with van der Waals surface area (Å²) in [6.45, 7) is 4.29. The predicted octanol–water partition coefficient (Wildman–Crippen LogP) is -0.606. The molecule has 0 saturated carbocycles. The monoisotopic (exact) mass is 311 g/mol. The highest BCUT2D eigenvalue weighted by molar-refractivity contribution is 6.45. The average Bonchev–Trinajstić information content (AvgIpc) is 2.86. The minimum Gasteiger partial charge on any atom is -0.508 e. The molecule has 0 aromatic heterocycles. The summed E-state index contributed by atoms with van der Waals surface area (Å²) < 4.78 is 5.08. The van der Waals surface area contributed by atoms with Crippen LogP contribution in [0.25, 0.3) is 0 Å². The van der Waals surface area contributed by atoms with Crippen LogP contribution in [-0.4, -0.2) is 48.2 Å². The van der Waals surface area contributed by atoms with Crippen molar-refractivity contribution in [3.63, 3.8) is 0 Å². The first-order valence-electron chi connectivity index (χ1n) is 8.04. The van der Waals surface area contributed by atoms with Gasteiger partial charge in [0, 0.05) is 12.6 Å². The van der Waals surface area contributed by atoms with Gasteiger partial charge in [0.25, 0.3) is 0 Å². The summed E-state index contributed by atoms with van der Waals surface area (Å²) in [5.74, 6) is -0.562. The summed E-state index contributed by atoms with van der Waals surface area (Å²) in [5, 5.41) is 15.7. The van der Waals surface area contributed by atoms with Crippen LogP contribution in [0.5, 0.6) is 0 Å². The van der Waals surface area contributed by atoms with Gasteiger partial charge in [-0.25, -0.2) is 0 Å². The van der Waals surface area contributed by atoms with E-state index in [4.69, 9.17) is 10.4 Å². The molecule has 22 heavy (non-hydrogen) atoms. The maximum Gasteiger partial charge on any atom is 0.524 e. The van der Waals surface area contributed by atoms with E-state index in [0.717, 1.165) is 12.8 Å². The van der Waals surface area contributed by atoms with Gasteiger partial charge < -0.3 is 20.7 Å². The Bertz CT molecular complexity index is 434. The Morgan fingerprint density at radius 3 is 2.95 bits per heavy atom. The van der Waals surface area contributed by atoms with Crippen LogP contribution in [0.1, 0.15) is 39.5 Å². The lowest BCUT2D eigenvalue weighted by molar-refractivity contribution is -0.143. The Hall–Kier alpha value is -1.12. The zero-order valence-corrected chi connectivity index (χ0v) is 13.3. The number of carbonyl (C=O) groups is 2. The molecular formula is C14H26BN3O4. The second kappa shape index (κ2) is 6.98. The van der Waals surface area contributed by atoms with Crippen molar-refractivity contribution in [2.45, 2.75) is 63.5 Å². The van der Waals surface area contributed by atoms with Crippen molar-refractivity contribution < 1.29 is 19.3 Å². The van der Waals surface area contributed by atoms with Crippen molar-refractivity contribution in [2.75, 3.05) is 6.54 Å². The molecule has 0 aromatic rings. The molecule has 2 fully saturated rings.